The van der Waals surface area contributed by atoms with Gasteiger partial charge >= 0.3 is 0 Å². The highest BCUT2D eigenvalue weighted by molar-refractivity contribution is 9.10. The van der Waals surface area contributed by atoms with Gasteiger partial charge in [-0.05, 0) is 28.8 Å². The van der Waals surface area contributed by atoms with E-state index in [0.29, 0.717) is 29.8 Å². The number of amides is 1. The molecular weight excluding hydrogens is 380 g/mol. The second kappa shape index (κ2) is 8.25. The highest BCUT2D eigenvalue weighted by Gasteiger charge is 2.17. The molecule has 1 amide bonds. The summed E-state index contributed by atoms with van der Waals surface area (Å²) in [6.45, 7) is 3.06. The first-order chi connectivity index (χ1) is 11.5. The number of imidazole rings is 1. The number of aromatic nitrogens is 4. The van der Waals surface area contributed by atoms with Crippen LogP contribution < -0.4 is 16.6 Å². The molecule has 0 aliphatic rings. The Labute approximate surface area is 147 Å². The van der Waals surface area contributed by atoms with Crippen molar-refractivity contribution in [3.8, 4) is 0 Å². The number of nitrogens with one attached hydrogen (secondary N) is 1. The molecule has 0 saturated heterocycles. The van der Waals surface area contributed by atoms with E-state index in [4.69, 9.17) is 10.8 Å². The number of halogens is 1. The van der Waals surface area contributed by atoms with Crippen molar-refractivity contribution in [3.05, 3.63) is 15.1 Å². The van der Waals surface area contributed by atoms with Crippen molar-refractivity contribution in [2.45, 2.75) is 39.3 Å². The number of hydrogen-bond donors (Lipinski definition) is 3. The highest BCUT2D eigenvalue weighted by Crippen LogP contribution is 2.17. The summed E-state index contributed by atoms with van der Waals surface area (Å²) in [6, 6.07) is 0. The lowest BCUT2D eigenvalue weighted by Crippen LogP contribution is -2.27. The number of aliphatic hydroxyl groups excluding tert-OH is 1. The van der Waals surface area contributed by atoms with Crippen molar-refractivity contribution in [1.29, 1.82) is 0 Å². The van der Waals surface area contributed by atoms with E-state index in [-0.39, 0.29) is 42.6 Å². The first-order valence-corrected chi connectivity index (χ1v) is 8.58. The SMILES string of the molecule is CCCNC(=O)CCCn1c(N)nc2c(nc(Br)n2CCO)c1=O. The van der Waals surface area contributed by atoms with E-state index in [1.165, 1.54) is 4.57 Å². The molecule has 0 saturated carbocycles. The molecule has 0 radical (unpaired) electrons. The van der Waals surface area contributed by atoms with Crippen LogP contribution in [0.4, 0.5) is 5.95 Å². The molecule has 24 heavy (non-hydrogen) atoms. The second-order valence-electron chi connectivity index (χ2n) is 5.31. The van der Waals surface area contributed by atoms with Crippen molar-refractivity contribution in [3.63, 3.8) is 0 Å². The molecule has 0 fully saturated rings. The smallest absolute Gasteiger partial charge is 0.283 e. The number of nitrogen functional groups attached to an aromatic ring is 1. The fourth-order valence-electron chi connectivity index (χ4n) is 2.34. The number of aliphatic hydroxyl groups is 1. The molecule has 2 aromatic rings. The summed E-state index contributed by atoms with van der Waals surface area (Å²) < 4.78 is 3.31. The van der Waals surface area contributed by atoms with Crippen LogP contribution in [-0.2, 0) is 17.9 Å². The molecule has 0 aliphatic heterocycles. The molecule has 0 unspecified atom stereocenters. The zero-order valence-corrected chi connectivity index (χ0v) is 15.0. The van der Waals surface area contributed by atoms with Crippen molar-refractivity contribution >= 4 is 38.9 Å². The van der Waals surface area contributed by atoms with Gasteiger partial charge in [-0.15, -0.1) is 0 Å². The molecule has 10 heteroatoms. The van der Waals surface area contributed by atoms with E-state index in [0.717, 1.165) is 6.42 Å². The van der Waals surface area contributed by atoms with Gasteiger partial charge in [0.15, 0.2) is 15.9 Å². The number of carbonyl (C=O) groups excluding carboxylic acids is 1. The van der Waals surface area contributed by atoms with Gasteiger partial charge in [0, 0.05) is 26.1 Å². The van der Waals surface area contributed by atoms with Crippen molar-refractivity contribution in [2.75, 3.05) is 18.9 Å². The molecule has 132 valence electrons. The van der Waals surface area contributed by atoms with Gasteiger partial charge in [-0.1, -0.05) is 6.92 Å². The molecule has 9 nitrogen and oxygen atoms in total. The molecule has 4 N–H and O–H groups in total. The maximum Gasteiger partial charge on any atom is 0.283 e. The Morgan fingerprint density at radius 2 is 2.08 bits per heavy atom. The Hall–Kier alpha value is -1.94. The predicted octanol–water partition coefficient (Wildman–Crippen LogP) is 0.236. The van der Waals surface area contributed by atoms with Gasteiger partial charge in [0.05, 0.1) is 6.61 Å². The van der Waals surface area contributed by atoms with Crippen LogP contribution in [0.25, 0.3) is 11.2 Å². The van der Waals surface area contributed by atoms with Gasteiger partial charge in [-0.3, -0.25) is 14.2 Å². The lowest BCUT2D eigenvalue weighted by Gasteiger charge is -2.09. The minimum absolute atomic E-state index is 0.0486. The van der Waals surface area contributed by atoms with Crippen LogP contribution in [0, 0.1) is 0 Å². The third-order valence-electron chi connectivity index (χ3n) is 3.52. The summed E-state index contributed by atoms with van der Waals surface area (Å²) in [5.41, 5.74) is 6.04. The maximum atomic E-state index is 12.6. The van der Waals surface area contributed by atoms with Gasteiger partial charge in [0.2, 0.25) is 11.9 Å². The quantitative estimate of drug-likeness (QED) is 0.544. The van der Waals surface area contributed by atoms with E-state index < -0.39 is 0 Å². The zero-order chi connectivity index (χ0) is 17.7. The molecule has 0 aromatic carbocycles. The summed E-state index contributed by atoms with van der Waals surface area (Å²) in [4.78, 5) is 32.5. The average Bonchev–Trinajstić information content (AvgIpc) is 2.85. The Bertz CT molecular complexity index is 785. The second-order valence-corrected chi connectivity index (χ2v) is 6.02. The molecule has 0 aliphatic carbocycles. The van der Waals surface area contributed by atoms with Crippen LogP contribution in [0.3, 0.4) is 0 Å². The molecular formula is C14H21BrN6O3. The van der Waals surface area contributed by atoms with E-state index in [9.17, 15) is 9.59 Å². The average molecular weight is 401 g/mol. The first-order valence-electron chi connectivity index (χ1n) is 7.79. The summed E-state index contributed by atoms with van der Waals surface area (Å²) >= 11 is 3.25. The summed E-state index contributed by atoms with van der Waals surface area (Å²) in [7, 11) is 0. The highest BCUT2D eigenvalue weighted by atomic mass is 79.9. The third kappa shape index (κ3) is 3.93. The maximum absolute atomic E-state index is 12.6. The van der Waals surface area contributed by atoms with Crippen LogP contribution in [0.5, 0.6) is 0 Å². The molecule has 0 atom stereocenters. The van der Waals surface area contributed by atoms with Crippen LogP contribution in [0.1, 0.15) is 26.2 Å². The number of rotatable bonds is 8. The van der Waals surface area contributed by atoms with Gasteiger partial charge in [-0.25, -0.2) is 4.98 Å². The first kappa shape index (κ1) is 18.4. The Balaban J connectivity index is 2.20. The van der Waals surface area contributed by atoms with Crippen LogP contribution in [0.2, 0.25) is 0 Å². The zero-order valence-electron chi connectivity index (χ0n) is 13.5. The van der Waals surface area contributed by atoms with Gasteiger partial charge in [-0.2, -0.15) is 4.98 Å². The number of anilines is 1. The normalized spacial score (nSPS) is 11.1. The summed E-state index contributed by atoms with van der Waals surface area (Å²) in [5.74, 6) is 0.0144. The van der Waals surface area contributed by atoms with E-state index >= 15 is 0 Å². The predicted molar refractivity (Wildman–Crippen MR) is 93.5 cm³/mol. The minimum Gasteiger partial charge on any atom is -0.395 e. The topological polar surface area (TPSA) is 128 Å². The fraction of sp³-hybridized carbons (Fsp3) is 0.571. The lowest BCUT2D eigenvalue weighted by atomic mass is 10.3. The molecule has 2 aromatic heterocycles. The van der Waals surface area contributed by atoms with Gasteiger partial charge in [0.25, 0.3) is 5.56 Å². The number of hydrogen-bond acceptors (Lipinski definition) is 6. The van der Waals surface area contributed by atoms with E-state index in [2.05, 4.69) is 31.2 Å². The number of carbonyl (C=O) groups is 1. The van der Waals surface area contributed by atoms with Gasteiger partial charge in [0.1, 0.15) is 0 Å². The monoisotopic (exact) mass is 400 g/mol. The minimum atomic E-state index is -0.358. The molecule has 0 spiro atoms. The Kier molecular flexibility index (Phi) is 6.32. The van der Waals surface area contributed by atoms with Crippen molar-refractivity contribution in [2.24, 2.45) is 0 Å². The number of fused-ring (bicyclic) bond motifs is 1. The van der Waals surface area contributed by atoms with Crippen LogP contribution in [-0.4, -0.2) is 43.3 Å². The van der Waals surface area contributed by atoms with Crippen LogP contribution >= 0.6 is 15.9 Å². The van der Waals surface area contributed by atoms with Crippen molar-refractivity contribution in [1.82, 2.24) is 24.4 Å². The molecule has 2 rings (SSSR count). The standard InChI is InChI=1S/C14H21BrN6O3/c1-2-5-17-9(23)4-3-6-21-12(24)10-11(19-14(21)16)20(7-8-22)13(15)18-10/h22H,2-8H2,1H3,(H2,16,19)(H,17,23). The van der Waals surface area contributed by atoms with E-state index in [1.54, 1.807) is 4.57 Å². The van der Waals surface area contributed by atoms with Gasteiger partial charge < -0.3 is 20.7 Å². The summed E-state index contributed by atoms with van der Waals surface area (Å²) in [6.07, 6.45) is 1.67. The molecule has 2 heterocycles. The largest absolute Gasteiger partial charge is 0.395 e. The van der Waals surface area contributed by atoms with Crippen LogP contribution in [0.15, 0.2) is 9.53 Å². The Morgan fingerprint density at radius 1 is 1.33 bits per heavy atom. The van der Waals surface area contributed by atoms with Crippen molar-refractivity contribution < 1.29 is 9.90 Å². The molecule has 0 bridgehead atoms. The Morgan fingerprint density at radius 3 is 2.75 bits per heavy atom. The van der Waals surface area contributed by atoms with E-state index in [1.807, 2.05) is 6.92 Å². The number of nitrogens with two attached hydrogens (primary N) is 1. The third-order valence-corrected chi connectivity index (χ3v) is 4.13. The lowest BCUT2D eigenvalue weighted by molar-refractivity contribution is -0.121. The summed E-state index contributed by atoms with van der Waals surface area (Å²) in [5, 5.41) is 11.9. The fourth-order valence-corrected chi connectivity index (χ4v) is 2.86. The number of nitrogens with zero attached hydrogens (tertiary/aromatic N) is 4.